The molecular formula is C18H31NO4. The van der Waals surface area contributed by atoms with Crippen molar-refractivity contribution in [1.29, 1.82) is 0 Å². The first-order chi connectivity index (χ1) is 11.1. The third-order valence-corrected chi connectivity index (χ3v) is 4.45. The summed E-state index contributed by atoms with van der Waals surface area (Å²) in [5.41, 5.74) is 0. The van der Waals surface area contributed by atoms with Gasteiger partial charge in [0.15, 0.2) is 0 Å². The molecule has 1 atom stereocenters. The van der Waals surface area contributed by atoms with Gasteiger partial charge in [-0.15, -0.1) is 0 Å². The average Bonchev–Trinajstić information content (AvgIpc) is 2.94. The minimum atomic E-state index is -0.710. The van der Waals surface area contributed by atoms with Crippen LogP contribution in [0.5, 0.6) is 0 Å². The molecule has 0 aliphatic carbocycles. The van der Waals surface area contributed by atoms with Gasteiger partial charge in [-0.2, -0.15) is 0 Å². The fourth-order valence-corrected chi connectivity index (χ4v) is 3.06. The molecule has 1 saturated heterocycles. The summed E-state index contributed by atoms with van der Waals surface area (Å²) in [4.78, 5) is 36.7. The number of hydrogen-bond donors (Lipinski definition) is 0. The Hall–Kier alpha value is -1.39. The lowest BCUT2D eigenvalue weighted by atomic mass is 10.1. The first-order valence-corrected chi connectivity index (χ1v) is 9.04. The summed E-state index contributed by atoms with van der Waals surface area (Å²) in [6, 6.07) is -0.710. The maximum absolute atomic E-state index is 12.2. The maximum Gasteiger partial charge on any atom is 0.329 e. The van der Waals surface area contributed by atoms with Crippen LogP contribution in [-0.4, -0.2) is 35.8 Å². The van der Waals surface area contributed by atoms with Crippen LogP contribution >= 0.6 is 0 Å². The standard InChI is InChI=1S/C18H31NO4/c1-3-4-5-6-7-8-9-10-11-12-16(20)19-15(18(22)23-2)13-14-17(19)21/h15H,3-14H2,1-2H3/t15-/m0/s1. The van der Waals surface area contributed by atoms with Crippen LogP contribution in [0.2, 0.25) is 0 Å². The van der Waals surface area contributed by atoms with Crippen molar-refractivity contribution >= 4 is 17.8 Å². The molecule has 132 valence electrons. The number of rotatable bonds is 11. The highest BCUT2D eigenvalue weighted by Gasteiger charge is 2.40. The monoisotopic (exact) mass is 325 g/mol. The fourth-order valence-electron chi connectivity index (χ4n) is 3.06. The summed E-state index contributed by atoms with van der Waals surface area (Å²) in [6.45, 7) is 2.22. The molecule has 0 aromatic rings. The molecule has 0 aromatic heterocycles. The van der Waals surface area contributed by atoms with Gasteiger partial charge in [0.1, 0.15) is 6.04 Å². The van der Waals surface area contributed by atoms with Crippen LogP contribution in [0.4, 0.5) is 0 Å². The Morgan fingerprint density at radius 1 is 1.04 bits per heavy atom. The molecule has 0 radical (unpaired) electrons. The predicted octanol–water partition coefficient (Wildman–Crippen LogP) is 3.60. The number of imide groups is 1. The zero-order chi connectivity index (χ0) is 17.1. The number of ether oxygens (including phenoxy) is 1. The van der Waals surface area contributed by atoms with E-state index in [9.17, 15) is 14.4 Å². The van der Waals surface area contributed by atoms with Crippen molar-refractivity contribution < 1.29 is 19.1 Å². The lowest BCUT2D eigenvalue weighted by Gasteiger charge is -2.20. The number of nitrogens with zero attached hydrogens (tertiary/aromatic N) is 1. The quantitative estimate of drug-likeness (QED) is 0.430. The largest absolute Gasteiger partial charge is 0.467 e. The van der Waals surface area contributed by atoms with Gasteiger partial charge in [-0.05, 0) is 12.8 Å². The summed E-state index contributed by atoms with van der Waals surface area (Å²) in [7, 11) is 1.29. The van der Waals surface area contributed by atoms with Crippen molar-refractivity contribution in [2.24, 2.45) is 0 Å². The molecule has 1 aliphatic heterocycles. The highest BCUT2D eigenvalue weighted by Crippen LogP contribution is 2.22. The molecule has 5 heteroatoms. The van der Waals surface area contributed by atoms with E-state index in [-0.39, 0.29) is 18.2 Å². The topological polar surface area (TPSA) is 63.7 Å². The van der Waals surface area contributed by atoms with Crippen molar-refractivity contribution in [3.8, 4) is 0 Å². The molecule has 1 aliphatic rings. The first-order valence-electron chi connectivity index (χ1n) is 9.04. The molecule has 5 nitrogen and oxygen atoms in total. The van der Waals surface area contributed by atoms with Crippen molar-refractivity contribution in [1.82, 2.24) is 4.90 Å². The number of unbranched alkanes of at least 4 members (excludes halogenated alkanes) is 8. The summed E-state index contributed by atoms with van der Waals surface area (Å²) < 4.78 is 4.68. The Balaban J connectivity index is 2.18. The average molecular weight is 325 g/mol. The van der Waals surface area contributed by atoms with Crippen LogP contribution in [-0.2, 0) is 19.1 Å². The minimum Gasteiger partial charge on any atom is -0.467 e. The van der Waals surface area contributed by atoms with Gasteiger partial charge >= 0.3 is 5.97 Å². The van der Waals surface area contributed by atoms with Crippen LogP contribution in [0.1, 0.15) is 84.0 Å². The van der Waals surface area contributed by atoms with Crippen LogP contribution < -0.4 is 0 Å². The number of hydrogen-bond acceptors (Lipinski definition) is 4. The van der Waals surface area contributed by atoms with Crippen molar-refractivity contribution in [2.45, 2.75) is 90.0 Å². The van der Waals surface area contributed by atoms with E-state index in [2.05, 4.69) is 11.7 Å². The van der Waals surface area contributed by atoms with Crippen molar-refractivity contribution in [3.63, 3.8) is 0 Å². The Bertz CT molecular complexity index is 394. The summed E-state index contributed by atoms with van der Waals surface area (Å²) in [6.07, 6.45) is 11.6. The van der Waals surface area contributed by atoms with Gasteiger partial charge in [0.05, 0.1) is 7.11 Å². The van der Waals surface area contributed by atoms with Gasteiger partial charge in [0.25, 0.3) is 0 Å². The third-order valence-electron chi connectivity index (χ3n) is 4.45. The van der Waals surface area contributed by atoms with E-state index in [0.29, 0.717) is 12.8 Å². The van der Waals surface area contributed by atoms with E-state index < -0.39 is 12.0 Å². The number of amides is 2. The van der Waals surface area contributed by atoms with Gasteiger partial charge in [-0.3, -0.25) is 14.5 Å². The highest BCUT2D eigenvalue weighted by atomic mass is 16.5. The van der Waals surface area contributed by atoms with E-state index >= 15 is 0 Å². The predicted molar refractivity (Wildman–Crippen MR) is 88.7 cm³/mol. The molecule has 23 heavy (non-hydrogen) atoms. The number of carbonyl (C=O) groups excluding carboxylic acids is 3. The Labute approximate surface area is 139 Å². The number of methoxy groups -OCH3 is 1. The smallest absolute Gasteiger partial charge is 0.329 e. The molecule has 0 saturated carbocycles. The lowest BCUT2D eigenvalue weighted by molar-refractivity contribution is -0.155. The molecule has 0 aromatic carbocycles. The summed E-state index contributed by atoms with van der Waals surface area (Å²) in [5.74, 6) is -0.969. The molecule has 0 spiro atoms. The number of likely N-dealkylation sites (tertiary alicyclic amines) is 1. The fraction of sp³-hybridized carbons (Fsp3) is 0.833. The summed E-state index contributed by atoms with van der Waals surface area (Å²) >= 11 is 0. The SMILES string of the molecule is CCCCCCCCCCCC(=O)N1C(=O)CC[C@H]1C(=O)OC. The molecule has 1 fully saturated rings. The van der Waals surface area contributed by atoms with Crippen LogP contribution in [0.25, 0.3) is 0 Å². The molecule has 1 heterocycles. The van der Waals surface area contributed by atoms with Gasteiger partial charge in [-0.1, -0.05) is 58.3 Å². The van der Waals surface area contributed by atoms with E-state index in [1.165, 1.54) is 45.6 Å². The summed E-state index contributed by atoms with van der Waals surface area (Å²) in [5, 5.41) is 0. The minimum absolute atomic E-state index is 0.231. The second-order valence-electron chi connectivity index (χ2n) is 6.31. The Kier molecular flexibility index (Phi) is 9.57. The van der Waals surface area contributed by atoms with Crippen LogP contribution in [0.3, 0.4) is 0 Å². The first kappa shape index (κ1) is 19.7. The zero-order valence-electron chi connectivity index (χ0n) is 14.6. The van der Waals surface area contributed by atoms with Gasteiger partial charge < -0.3 is 4.74 Å². The van der Waals surface area contributed by atoms with Crippen LogP contribution in [0, 0.1) is 0 Å². The molecule has 0 N–H and O–H groups in total. The Morgan fingerprint density at radius 2 is 1.61 bits per heavy atom. The maximum atomic E-state index is 12.2. The normalized spacial score (nSPS) is 17.6. The second kappa shape index (κ2) is 11.2. The second-order valence-corrected chi connectivity index (χ2v) is 6.31. The zero-order valence-corrected chi connectivity index (χ0v) is 14.6. The highest BCUT2D eigenvalue weighted by molar-refractivity contribution is 6.01. The Morgan fingerprint density at radius 3 is 2.17 bits per heavy atom. The molecular weight excluding hydrogens is 294 g/mol. The molecule has 2 amide bonds. The molecule has 0 bridgehead atoms. The molecule has 0 unspecified atom stereocenters. The number of carbonyl (C=O) groups is 3. The lowest BCUT2D eigenvalue weighted by Crippen LogP contribution is -2.43. The van der Waals surface area contributed by atoms with E-state index in [1.54, 1.807) is 0 Å². The van der Waals surface area contributed by atoms with E-state index in [4.69, 9.17) is 0 Å². The third kappa shape index (κ3) is 6.71. The van der Waals surface area contributed by atoms with Crippen LogP contribution in [0.15, 0.2) is 0 Å². The van der Waals surface area contributed by atoms with E-state index in [1.807, 2.05) is 0 Å². The van der Waals surface area contributed by atoms with Crippen molar-refractivity contribution in [2.75, 3.05) is 7.11 Å². The van der Waals surface area contributed by atoms with E-state index in [0.717, 1.165) is 24.2 Å². The van der Waals surface area contributed by atoms with Gasteiger partial charge in [0.2, 0.25) is 11.8 Å². The number of esters is 1. The van der Waals surface area contributed by atoms with Crippen molar-refractivity contribution in [3.05, 3.63) is 0 Å². The van der Waals surface area contributed by atoms with Gasteiger partial charge in [0, 0.05) is 12.8 Å². The molecule has 1 rings (SSSR count). The van der Waals surface area contributed by atoms with Gasteiger partial charge in [-0.25, -0.2) is 4.79 Å².